The minimum Gasteiger partial charge on any atom is -0.493 e. The van der Waals surface area contributed by atoms with Gasteiger partial charge in [-0.25, -0.2) is 0 Å². The fourth-order valence-electron chi connectivity index (χ4n) is 2.36. The zero-order valence-corrected chi connectivity index (χ0v) is 15.0. The Morgan fingerprint density at radius 2 is 1.65 bits per heavy atom. The molecule has 26 heavy (non-hydrogen) atoms. The maximum atomic E-state index is 12.1. The first kappa shape index (κ1) is 19.2. The molecule has 0 unspecified atom stereocenters. The van der Waals surface area contributed by atoms with Crippen molar-refractivity contribution in [2.75, 3.05) is 34.4 Å². The number of carbonyl (C=O) groups is 2. The maximum Gasteiger partial charge on any atom is 0.287 e. The lowest BCUT2D eigenvalue weighted by Crippen LogP contribution is -2.35. The summed E-state index contributed by atoms with van der Waals surface area (Å²) >= 11 is 0. The molecule has 140 valence electrons. The monoisotopic (exact) mass is 362 g/mol. The maximum absolute atomic E-state index is 12.1. The Hall–Kier alpha value is -3.16. The third kappa shape index (κ3) is 4.92. The van der Waals surface area contributed by atoms with Gasteiger partial charge >= 0.3 is 0 Å². The first-order chi connectivity index (χ1) is 12.6. The molecule has 0 aliphatic heterocycles. The fourth-order valence-corrected chi connectivity index (χ4v) is 2.36. The highest BCUT2D eigenvalue weighted by Crippen LogP contribution is 2.38. The topological polar surface area (TPSA) is 99.0 Å². The molecule has 1 heterocycles. The van der Waals surface area contributed by atoms with Crippen molar-refractivity contribution in [2.24, 2.45) is 0 Å². The molecule has 0 aliphatic rings. The number of hydrogen-bond donors (Lipinski definition) is 2. The van der Waals surface area contributed by atoms with Crippen molar-refractivity contribution in [2.45, 2.75) is 6.42 Å². The van der Waals surface area contributed by atoms with Crippen LogP contribution in [0, 0.1) is 0 Å². The second-order valence-corrected chi connectivity index (χ2v) is 5.29. The summed E-state index contributed by atoms with van der Waals surface area (Å²) in [5.74, 6) is 1.16. The van der Waals surface area contributed by atoms with E-state index in [4.69, 9.17) is 18.6 Å². The summed E-state index contributed by atoms with van der Waals surface area (Å²) in [6.45, 7) is 0.593. The van der Waals surface area contributed by atoms with Crippen LogP contribution in [-0.2, 0) is 11.2 Å². The number of benzene rings is 1. The van der Waals surface area contributed by atoms with Crippen LogP contribution in [0.4, 0.5) is 0 Å². The molecule has 0 radical (unpaired) electrons. The van der Waals surface area contributed by atoms with Crippen LogP contribution in [0.25, 0.3) is 0 Å². The number of nitrogens with one attached hydrogen (secondary N) is 2. The van der Waals surface area contributed by atoms with Gasteiger partial charge in [-0.05, 0) is 29.8 Å². The van der Waals surface area contributed by atoms with E-state index in [2.05, 4.69) is 10.6 Å². The molecule has 0 atom stereocenters. The molecule has 1 aromatic heterocycles. The fraction of sp³-hybridized carbons (Fsp3) is 0.333. The number of hydrogen-bond acceptors (Lipinski definition) is 6. The smallest absolute Gasteiger partial charge is 0.287 e. The van der Waals surface area contributed by atoms with Crippen LogP contribution in [0.1, 0.15) is 16.1 Å². The Bertz CT molecular complexity index is 717. The van der Waals surface area contributed by atoms with Crippen molar-refractivity contribution < 1.29 is 28.2 Å². The highest BCUT2D eigenvalue weighted by atomic mass is 16.5. The minimum absolute atomic E-state index is 0.142. The van der Waals surface area contributed by atoms with Gasteiger partial charge in [0.2, 0.25) is 11.7 Å². The van der Waals surface area contributed by atoms with Gasteiger partial charge in [0.25, 0.3) is 5.91 Å². The molecule has 0 saturated carbocycles. The standard InChI is InChI=1S/C18H22N2O6/c1-23-14-9-12(10-15(24-2)17(14)25-3)11-16(21)19-6-7-20-18(22)13-5-4-8-26-13/h4-5,8-10H,6-7,11H2,1-3H3,(H,19,21)(H,20,22). The SMILES string of the molecule is COc1cc(CC(=O)NCCNC(=O)c2ccco2)cc(OC)c1OC. The van der Waals surface area contributed by atoms with E-state index in [1.165, 1.54) is 27.6 Å². The van der Waals surface area contributed by atoms with E-state index in [-0.39, 0.29) is 24.0 Å². The summed E-state index contributed by atoms with van der Waals surface area (Å²) in [5, 5.41) is 5.39. The number of amides is 2. The Morgan fingerprint density at radius 3 is 2.19 bits per heavy atom. The van der Waals surface area contributed by atoms with Crippen molar-refractivity contribution >= 4 is 11.8 Å². The Kier molecular flexibility index (Phi) is 6.90. The molecular weight excluding hydrogens is 340 g/mol. The molecule has 0 aliphatic carbocycles. The summed E-state index contributed by atoms with van der Waals surface area (Å²) in [4.78, 5) is 23.8. The zero-order valence-electron chi connectivity index (χ0n) is 15.0. The van der Waals surface area contributed by atoms with Crippen LogP contribution in [0.15, 0.2) is 34.9 Å². The van der Waals surface area contributed by atoms with E-state index in [1.54, 1.807) is 24.3 Å². The molecule has 0 bridgehead atoms. The van der Waals surface area contributed by atoms with Gasteiger partial charge in [0.1, 0.15) is 0 Å². The summed E-state index contributed by atoms with van der Waals surface area (Å²) in [6.07, 6.45) is 1.57. The second-order valence-electron chi connectivity index (χ2n) is 5.29. The van der Waals surface area contributed by atoms with E-state index < -0.39 is 0 Å². The van der Waals surface area contributed by atoms with Gasteiger partial charge < -0.3 is 29.3 Å². The quantitative estimate of drug-likeness (QED) is 0.654. The van der Waals surface area contributed by atoms with E-state index in [1.807, 2.05) is 0 Å². The van der Waals surface area contributed by atoms with Crippen molar-refractivity contribution in [3.05, 3.63) is 41.9 Å². The van der Waals surface area contributed by atoms with Crippen molar-refractivity contribution in [3.63, 3.8) is 0 Å². The molecule has 2 amide bonds. The van der Waals surface area contributed by atoms with Crippen LogP contribution >= 0.6 is 0 Å². The van der Waals surface area contributed by atoms with Gasteiger partial charge in [-0.3, -0.25) is 9.59 Å². The number of rotatable bonds is 9. The average Bonchev–Trinajstić information content (AvgIpc) is 3.19. The third-order valence-corrected chi connectivity index (χ3v) is 3.57. The van der Waals surface area contributed by atoms with Crippen molar-refractivity contribution in [3.8, 4) is 17.2 Å². The molecule has 2 rings (SSSR count). The van der Waals surface area contributed by atoms with Gasteiger partial charge in [-0.15, -0.1) is 0 Å². The molecule has 1 aromatic carbocycles. The summed E-state index contributed by atoms with van der Waals surface area (Å²) in [5.41, 5.74) is 0.719. The van der Waals surface area contributed by atoms with Gasteiger partial charge in [-0.1, -0.05) is 0 Å². The second kappa shape index (κ2) is 9.36. The van der Waals surface area contributed by atoms with Crippen LogP contribution in [0.2, 0.25) is 0 Å². The molecule has 2 N–H and O–H groups in total. The number of furan rings is 1. The van der Waals surface area contributed by atoms with E-state index in [0.29, 0.717) is 30.3 Å². The van der Waals surface area contributed by atoms with E-state index in [9.17, 15) is 9.59 Å². The summed E-state index contributed by atoms with van der Waals surface area (Å²) in [6, 6.07) is 6.64. The first-order valence-corrected chi connectivity index (χ1v) is 7.96. The predicted octanol–water partition coefficient (Wildman–Crippen LogP) is 1.39. The summed E-state index contributed by atoms with van der Waals surface area (Å²) in [7, 11) is 4.55. The van der Waals surface area contributed by atoms with E-state index in [0.717, 1.165) is 5.56 Å². The first-order valence-electron chi connectivity index (χ1n) is 7.96. The minimum atomic E-state index is -0.325. The van der Waals surface area contributed by atoms with Gasteiger partial charge in [0, 0.05) is 13.1 Å². The van der Waals surface area contributed by atoms with Crippen LogP contribution in [0.5, 0.6) is 17.2 Å². The Morgan fingerprint density at radius 1 is 1.00 bits per heavy atom. The highest BCUT2D eigenvalue weighted by molar-refractivity contribution is 5.91. The molecule has 8 nitrogen and oxygen atoms in total. The molecule has 0 saturated heterocycles. The largest absolute Gasteiger partial charge is 0.493 e. The molecule has 8 heteroatoms. The number of carbonyl (C=O) groups excluding carboxylic acids is 2. The lowest BCUT2D eigenvalue weighted by Gasteiger charge is -2.14. The lowest BCUT2D eigenvalue weighted by atomic mass is 10.1. The number of methoxy groups -OCH3 is 3. The molecule has 0 spiro atoms. The predicted molar refractivity (Wildman–Crippen MR) is 93.9 cm³/mol. The van der Waals surface area contributed by atoms with Gasteiger partial charge in [0.15, 0.2) is 17.3 Å². The molecule has 0 fully saturated rings. The number of ether oxygens (including phenoxy) is 3. The highest BCUT2D eigenvalue weighted by Gasteiger charge is 2.15. The Balaban J connectivity index is 1.84. The van der Waals surface area contributed by atoms with Crippen molar-refractivity contribution in [1.82, 2.24) is 10.6 Å². The van der Waals surface area contributed by atoms with Crippen LogP contribution < -0.4 is 24.8 Å². The lowest BCUT2D eigenvalue weighted by molar-refractivity contribution is -0.120. The molecule has 2 aromatic rings. The van der Waals surface area contributed by atoms with Gasteiger partial charge in [0.05, 0.1) is 34.0 Å². The molecular formula is C18H22N2O6. The average molecular weight is 362 g/mol. The van der Waals surface area contributed by atoms with Gasteiger partial charge in [-0.2, -0.15) is 0 Å². The zero-order chi connectivity index (χ0) is 18.9. The Labute approximate surface area is 151 Å². The van der Waals surface area contributed by atoms with Crippen LogP contribution in [-0.4, -0.2) is 46.2 Å². The van der Waals surface area contributed by atoms with E-state index >= 15 is 0 Å². The van der Waals surface area contributed by atoms with Crippen molar-refractivity contribution in [1.29, 1.82) is 0 Å². The van der Waals surface area contributed by atoms with Crippen LogP contribution in [0.3, 0.4) is 0 Å². The third-order valence-electron chi connectivity index (χ3n) is 3.57. The normalized spacial score (nSPS) is 10.1. The summed E-state index contributed by atoms with van der Waals surface area (Å²) < 4.78 is 20.8.